The number of methoxy groups -OCH3 is 1. The van der Waals surface area contributed by atoms with Gasteiger partial charge in [-0.2, -0.15) is 0 Å². The fourth-order valence-corrected chi connectivity index (χ4v) is 1.83. The first kappa shape index (κ1) is 16.1. The molecule has 2 atom stereocenters. The van der Waals surface area contributed by atoms with Crippen LogP contribution in [0.3, 0.4) is 0 Å². The van der Waals surface area contributed by atoms with Gasteiger partial charge in [-0.1, -0.05) is 31.9 Å². The Morgan fingerprint density at radius 3 is 2.25 bits per heavy atom. The van der Waals surface area contributed by atoms with E-state index in [0.29, 0.717) is 19.4 Å². The normalized spacial score (nSPS) is 14.2. The number of hydrogen-bond donors (Lipinski definition) is 0. The van der Waals surface area contributed by atoms with Crippen molar-refractivity contribution in [2.45, 2.75) is 29.4 Å². The van der Waals surface area contributed by atoms with Crippen molar-refractivity contribution in [2.24, 2.45) is 0 Å². The van der Waals surface area contributed by atoms with Gasteiger partial charge in [0.15, 0.2) is 5.78 Å². The minimum absolute atomic E-state index is 0.0222. The lowest BCUT2D eigenvalue weighted by molar-refractivity contribution is -0.142. The van der Waals surface area contributed by atoms with Gasteiger partial charge in [-0.25, -0.2) is 0 Å². The Labute approximate surface area is 112 Å². The van der Waals surface area contributed by atoms with E-state index in [-0.39, 0.29) is 28.0 Å². The minimum Gasteiger partial charge on any atom is -0.465 e. The molecule has 0 N–H and O–H groups in total. The standard InChI is InChI=1S/C10H16Br2O4/c1-3-16-10(14)8(12)5-4-7(11)9(13)6-15-2/h7-8H,3-6H2,1-2H3. The zero-order chi connectivity index (χ0) is 12.6. The molecule has 4 nitrogen and oxygen atoms in total. The van der Waals surface area contributed by atoms with Crippen LogP contribution in [0.1, 0.15) is 19.8 Å². The lowest BCUT2D eigenvalue weighted by Crippen LogP contribution is -2.23. The summed E-state index contributed by atoms with van der Waals surface area (Å²) in [6.45, 7) is 2.20. The smallest absolute Gasteiger partial charge is 0.319 e. The Bertz CT molecular complexity index is 209. The summed E-state index contributed by atoms with van der Waals surface area (Å²) in [6.07, 6.45) is 1.11. The van der Waals surface area contributed by atoms with E-state index < -0.39 is 0 Å². The van der Waals surface area contributed by atoms with Gasteiger partial charge in [-0.05, 0) is 19.8 Å². The fourth-order valence-electron chi connectivity index (χ4n) is 1.04. The summed E-state index contributed by atoms with van der Waals surface area (Å²) in [5.74, 6) is -0.313. The van der Waals surface area contributed by atoms with Crippen LogP contribution in [0.5, 0.6) is 0 Å². The summed E-state index contributed by atoms with van der Waals surface area (Å²) < 4.78 is 9.57. The molecule has 0 saturated heterocycles. The SMILES string of the molecule is CCOC(=O)C(Br)CCC(Br)C(=O)COC. The van der Waals surface area contributed by atoms with Gasteiger partial charge in [0.2, 0.25) is 0 Å². The zero-order valence-corrected chi connectivity index (χ0v) is 12.5. The first-order valence-corrected chi connectivity index (χ1v) is 6.82. The molecule has 0 aliphatic heterocycles. The van der Waals surface area contributed by atoms with Crippen molar-refractivity contribution >= 4 is 43.6 Å². The number of rotatable bonds is 8. The molecule has 94 valence electrons. The summed E-state index contributed by atoms with van der Waals surface area (Å²) >= 11 is 6.48. The van der Waals surface area contributed by atoms with Gasteiger partial charge in [0.05, 0.1) is 11.4 Å². The number of ether oxygens (including phenoxy) is 2. The molecule has 0 aromatic carbocycles. The molecule has 0 fully saturated rings. The molecule has 0 heterocycles. The second kappa shape index (κ2) is 9.13. The quantitative estimate of drug-likeness (QED) is 0.491. The van der Waals surface area contributed by atoms with E-state index in [2.05, 4.69) is 31.9 Å². The van der Waals surface area contributed by atoms with Crippen molar-refractivity contribution in [2.75, 3.05) is 20.3 Å². The molecule has 2 unspecified atom stereocenters. The van der Waals surface area contributed by atoms with Crippen LogP contribution in [0.15, 0.2) is 0 Å². The van der Waals surface area contributed by atoms with E-state index in [0.717, 1.165) is 0 Å². The van der Waals surface area contributed by atoms with E-state index in [1.807, 2.05) is 0 Å². The van der Waals surface area contributed by atoms with Crippen LogP contribution in [-0.2, 0) is 19.1 Å². The van der Waals surface area contributed by atoms with Crippen LogP contribution >= 0.6 is 31.9 Å². The molecule has 6 heteroatoms. The van der Waals surface area contributed by atoms with Gasteiger partial charge in [0.1, 0.15) is 11.4 Å². The molecule has 0 aromatic rings. The Balaban J connectivity index is 3.86. The Morgan fingerprint density at radius 2 is 1.75 bits per heavy atom. The highest BCUT2D eigenvalue weighted by Gasteiger charge is 2.20. The third-order valence-corrected chi connectivity index (χ3v) is 3.65. The average Bonchev–Trinajstić information content (AvgIpc) is 2.25. The Kier molecular flexibility index (Phi) is 9.16. The molecule has 0 bridgehead atoms. The highest BCUT2D eigenvalue weighted by Crippen LogP contribution is 2.16. The van der Waals surface area contributed by atoms with Crippen molar-refractivity contribution in [1.29, 1.82) is 0 Å². The topological polar surface area (TPSA) is 52.6 Å². The second-order valence-electron chi connectivity index (χ2n) is 3.16. The molecule has 0 rings (SSSR count). The largest absolute Gasteiger partial charge is 0.465 e. The molecule has 16 heavy (non-hydrogen) atoms. The van der Waals surface area contributed by atoms with Gasteiger partial charge in [-0.3, -0.25) is 9.59 Å². The van der Waals surface area contributed by atoms with Gasteiger partial charge < -0.3 is 9.47 Å². The summed E-state index contributed by atoms with van der Waals surface area (Å²) in [7, 11) is 1.48. The van der Waals surface area contributed by atoms with Gasteiger partial charge >= 0.3 is 5.97 Å². The average molecular weight is 360 g/mol. The van der Waals surface area contributed by atoms with E-state index in [1.54, 1.807) is 6.92 Å². The molecule has 0 aliphatic rings. The van der Waals surface area contributed by atoms with Crippen LogP contribution in [0, 0.1) is 0 Å². The lowest BCUT2D eigenvalue weighted by atomic mass is 10.1. The van der Waals surface area contributed by atoms with Crippen LogP contribution in [0.25, 0.3) is 0 Å². The highest BCUT2D eigenvalue weighted by atomic mass is 79.9. The third kappa shape index (κ3) is 6.60. The molecule has 0 aromatic heterocycles. The van der Waals surface area contributed by atoms with Gasteiger partial charge in [0.25, 0.3) is 0 Å². The molecular formula is C10H16Br2O4. The number of carbonyl (C=O) groups excluding carboxylic acids is 2. The Hall–Kier alpha value is 0.0600. The zero-order valence-electron chi connectivity index (χ0n) is 9.37. The van der Waals surface area contributed by atoms with Crippen molar-refractivity contribution in [3.05, 3.63) is 0 Å². The van der Waals surface area contributed by atoms with Crippen molar-refractivity contribution in [3.63, 3.8) is 0 Å². The van der Waals surface area contributed by atoms with Crippen LogP contribution in [0.2, 0.25) is 0 Å². The van der Waals surface area contributed by atoms with Crippen molar-refractivity contribution < 1.29 is 19.1 Å². The highest BCUT2D eigenvalue weighted by molar-refractivity contribution is 9.10. The van der Waals surface area contributed by atoms with Crippen molar-refractivity contribution in [1.82, 2.24) is 0 Å². The molecule has 0 saturated carbocycles. The number of halogens is 2. The summed E-state index contributed by atoms with van der Waals surface area (Å²) in [6, 6.07) is 0. The second-order valence-corrected chi connectivity index (χ2v) is 5.37. The van der Waals surface area contributed by atoms with Crippen LogP contribution in [-0.4, -0.2) is 41.7 Å². The summed E-state index contributed by atoms with van der Waals surface area (Å²) in [5, 5.41) is 0. The van der Waals surface area contributed by atoms with E-state index in [4.69, 9.17) is 9.47 Å². The molecule has 0 spiro atoms. The molecule has 0 amide bonds. The Morgan fingerprint density at radius 1 is 1.19 bits per heavy atom. The predicted octanol–water partition coefficient (Wildman–Crippen LogP) is 2.07. The third-order valence-electron chi connectivity index (χ3n) is 1.85. The predicted molar refractivity (Wildman–Crippen MR) is 68.2 cm³/mol. The maximum Gasteiger partial charge on any atom is 0.319 e. The van der Waals surface area contributed by atoms with E-state index >= 15 is 0 Å². The maximum atomic E-state index is 11.3. The maximum absolute atomic E-state index is 11.3. The first-order valence-electron chi connectivity index (χ1n) is 4.99. The number of hydrogen-bond acceptors (Lipinski definition) is 4. The van der Waals surface area contributed by atoms with Crippen LogP contribution < -0.4 is 0 Å². The van der Waals surface area contributed by atoms with E-state index in [9.17, 15) is 9.59 Å². The summed E-state index contributed by atoms with van der Waals surface area (Å²) in [5.41, 5.74) is 0. The van der Waals surface area contributed by atoms with Crippen LogP contribution in [0.4, 0.5) is 0 Å². The van der Waals surface area contributed by atoms with E-state index in [1.165, 1.54) is 7.11 Å². The summed E-state index contributed by atoms with van der Waals surface area (Å²) in [4.78, 5) is 22.0. The van der Waals surface area contributed by atoms with Crippen molar-refractivity contribution in [3.8, 4) is 0 Å². The fraction of sp³-hybridized carbons (Fsp3) is 0.800. The van der Waals surface area contributed by atoms with Gasteiger partial charge in [-0.15, -0.1) is 0 Å². The van der Waals surface area contributed by atoms with Gasteiger partial charge in [0, 0.05) is 7.11 Å². The minimum atomic E-state index is -0.358. The monoisotopic (exact) mass is 358 g/mol. The number of Topliss-reactive ketones (excluding diaryl/α,β-unsaturated/α-hetero) is 1. The molecular weight excluding hydrogens is 344 g/mol. The number of carbonyl (C=O) groups is 2. The lowest BCUT2D eigenvalue weighted by Gasteiger charge is -2.11. The molecule has 0 radical (unpaired) electrons. The molecule has 0 aliphatic carbocycles. The number of alkyl halides is 2. The number of esters is 1. The first-order chi connectivity index (χ1) is 7.52. The number of ketones is 1.